The number of nitrogens with zero attached hydrogens (tertiary/aromatic N) is 1. The molecule has 0 amide bonds. The van der Waals surface area contributed by atoms with Crippen LogP contribution < -0.4 is 11.2 Å². The Morgan fingerprint density at radius 2 is 1.82 bits per heavy atom. The second-order valence-corrected chi connectivity index (χ2v) is 10.6. The van der Waals surface area contributed by atoms with E-state index in [9.17, 15) is 37.7 Å². The number of H-pyrrole nitrogens is 1. The Labute approximate surface area is 181 Å². The Morgan fingerprint density at radius 3 is 2.36 bits per heavy atom. The molecule has 3 unspecified atom stereocenters. The highest BCUT2D eigenvalue weighted by Gasteiger charge is 2.58. The van der Waals surface area contributed by atoms with Gasteiger partial charge in [0.15, 0.2) is 6.23 Å². The number of nitrogens with one attached hydrogen (secondary N) is 1. The van der Waals surface area contributed by atoms with Gasteiger partial charge in [0.05, 0.1) is 12.8 Å². The summed E-state index contributed by atoms with van der Waals surface area (Å²) in [5, 5.41) is 10.3. The molecule has 16 nitrogen and oxygen atoms in total. The maximum atomic E-state index is 15.5. The molecule has 1 aromatic heterocycles. The molecule has 2 rings (SSSR count). The SMILES string of the molecule is CC#CC1(F)[C@@H](O)[C@@H](COP(=O)(O)OP(=O)(O)OP(=O)(O)O)O[C@H]1n1cc(F)c(=O)[nH]c1=O. The molecule has 6 N–H and O–H groups in total. The van der Waals surface area contributed by atoms with Crippen LogP contribution in [0.25, 0.3) is 0 Å². The third-order valence-corrected chi connectivity index (χ3v) is 7.56. The molecule has 0 aliphatic carbocycles. The van der Waals surface area contributed by atoms with E-state index in [1.54, 1.807) is 0 Å². The Morgan fingerprint density at radius 1 is 1.21 bits per heavy atom. The lowest BCUT2D eigenvalue weighted by molar-refractivity contribution is -0.0539. The molecule has 1 fully saturated rings. The number of phosphoric ester groups is 1. The minimum absolute atomic E-state index is 0.203. The molecule has 1 aliphatic heterocycles. The summed E-state index contributed by atoms with van der Waals surface area (Å²) in [6.45, 7) is -0.167. The lowest BCUT2D eigenvalue weighted by atomic mass is 9.96. The van der Waals surface area contributed by atoms with Gasteiger partial charge in [0.2, 0.25) is 11.5 Å². The van der Waals surface area contributed by atoms with Crippen molar-refractivity contribution >= 4 is 23.5 Å². The number of halogens is 2. The number of aromatic nitrogens is 2. The number of alkyl halides is 1. The number of hydrogen-bond acceptors (Lipinski definition) is 10. The predicted molar refractivity (Wildman–Crippen MR) is 98.3 cm³/mol. The van der Waals surface area contributed by atoms with Crippen LogP contribution in [-0.4, -0.2) is 58.7 Å². The van der Waals surface area contributed by atoms with Crippen molar-refractivity contribution in [3.8, 4) is 11.8 Å². The van der Waals surface area contributed by atoms with E-state index in [4.69, 9.17) is 19.4 Å². The average Bonchev–Trinajstić information content (AvgIpc) is 2.85. The highest BCUT2D eigenvalue weighted by atomic mass is 31.3. The molecule has 0 radical (unpaired) electrons. The van der Waals surface area contributed by atoms with Gasteiger partial charge in [0.1, 0.15) is 12.2 Å². The summed E-state index contributed by atoms with van der Waals surface area (Å²) in [5.41, 5.74) is -5.97. The molecular formula is C12H15F2N2O14P3. The first-order valence-electron chi connectivity index (χ1n) is 8.16. The fraction of sp³-hybridized carbons (Fsp3) is 0.500. The van der Waals surface area contributed by atoms with Crippen molar-refractivity contribution in [2.24, 2.45) is 0 Å². The number of hydrogen-bond donors (Lipinski definition) is 6. The molecule has 0 bridgehead atoms. The van der Waals surface area contributed by atoms with Crippen LogP contribution >= 0.6 is 23.5 Å². The maximum Gasteiger partial charge on any atom is 0.490 e. The molecule has 0 saturated carbocycles. The summed E-state index contributed by atoms with van der Waals surface area (Å²) in [4.78, 5) is 60.2. The Balaban J connectivity index is 2.28. The number of aliphatic hydroxyl groups is 1. The fourth-order valence-electron chi connectivity index (χ4n) is 2.59. The maximum absolute atomic E-state index is 15.5. The van der Waals surface area contributed by atoms with Gasteiger partial charge in [-0.1, -0.05) is 5.92 Å². The van der Waals surface area contributed by atoms with Gasteiger partial charge in [-0.15, -0.1) is 5.92 Å². The van der Waals surface area contributed by atoms with Crippen molar-refractivity contribution in [1.82, 2.24) is 9.55 Å². The van der Waals surface area contributed by atoms with E-state index in [1.807, 2.05) is 5.92 Å². The Bertz CT molecular complexity index is 1230. The lowest BCUT2D eigenvalue weighted by Gasteiger charge is -2.24. The van der Waals surface area contributed by atoms with Crippen LogP contribution in [0.5, 0.6) is 0 Å². The first-order chi connectivity index (χ1) is 14.9. The van der Waals surface area contributed by atoms with Gasteiger partial charge in [-0.2, -0.15) is 13.0 Å². The van der Waals surface area contributed by atoms with Crippen LogP contribution in [0, 0.1) is 17.7 Å². The molecule has 33 heavy (non-hydrogen) atoms. The minimum atomic E-state index is -5.85. The van der Waals surface area contributed by atoms with E-state index in [-0.39, 0.29) is 10.8 Å². The number of aromatic amines is 1. The van der Waals surface area contributed by atoms with Crippen LogP contribution in [0.2, 0.25) is 0 Å². The smallest absolute Gasteiger partial charge is 0.386 e. The second kappa shape index (κ2) is 9.59. The van der Waals surface area contributed by atoms with Crippen LogP contribution in [-0.2, 0) is 31.6 Å². The van der Waals surface area contributed by atoms with Crippen molar-refractivity contribution < 1.29 is 65.0 Å². The summed E-state index contributed by atoms with van der Waals surface area (Å²) in [6, 6.07) is 0. The minimum Gasteiger partial charge on any atom is -0.386 e. The van der Waals surface area contributed by atoms with Crippen molar-refractivity contribution in [2.75, 3.05) is 6.61 Å². The molecule has 6 atom stereocenters. The molecule has 0 aromatic carbocycles. The van der Waals surface area contributed by atoms with Crippen LogP contribution in [0.15, 0.2) is 15.8 Å². The third kappa shape index (κ3) is 6.74. The molecular weight excluding hydrogens is 527 g/mol. The van der Waals surface area contributed by atoms with Crippen molar-refractivity contribution in [3.05, 3.63) is 32.9 Å². The molecule has 1 aromatic rings. The van der Waals surface area contributed by atoms with E-state index in [0.29, 0.717) is 0 Å². The zero-order valence-corrected chi connectivity index (χ0v) is 18.7. The van der Waals surface area contributed by atoms with Gasteiger partial charge < -0.3 is 29.4 Å². The first kappa shape index (κ1) is 27.7. The molecule has 2 heterocycles. The van der Waals surface area contributed by atoms with Crippen molar-refractivity contribution in [2.45, 2.75) is 31.0 Å². The molecule has 0 spiro atoms. The summed E-state index contributed by atoms with van der Waals surface area (Å²) in [5.74, 6) is 2.46. The number of aliphatic hydroxyl groups excluding tert-OH is 1. The van der Waals surface area contributed by atoms with Crippen LogP contribution in [0.3, 0.4) is 0 Å². The van der Waals surface area contributed by atoms with Gasteiger partial charge in [0.25, 0.3) is 5.56 Å². The normalized spacial score (nSPS) is 29.0. The van der Waals surface area contributed by atoms with Crippen molar-refractivity contribution in [3.63, 3.8) is 0 Å². The standard InChI is InChI=1S/C12H15F2N2O14P3/c1-2-3-12(14)8(17)7(28-10(12)16-4-6(13)9(18)15-11(16)19)5-27-32(23,24)30-33(25,26)29-31(20,21)22/h4,7-8,10,17H,5H2,1H3,(H,23,24)(H,25,26)(H,15,18,19)(H2,20,21,22)/t7-,8+,10-,12?/m1/s1. The van der Waals surface area contributed by atoms with Crippen molar-refractivity contribution in [1.29, 1.82) is 0 Å². The number of phosphoric acid groups is 3. The highest BCUT2D eigenvalue weighted by Crippen LogP contribution is 2.66. The third-order valence-electron chi connectivity index (χ3n) is 3.76. The number of ether oxygens (including phenoxy) is 1. The Kier molecular flexibility index (Phi) is 8.04. The molecule has 21 heteroatoms. The van der Waals surface area contributed by atoms with Gasteiger partial charge >= 0.3 is 29.2 Å². The molecule has 1 aliphatic rings. The van der Waals surface area contributed by atoms with E-state index in [1.165, 1.54) is 4.98 Å². The van der Waals surface area contributed by atoms with E-state index >= 15 is 4.39 Å². The molecule has 186 valence electrons. The van der Waals surface area contributed by atoms with E-state index in [2.05, 4.69) is 19.1 Å². The second-order valence-electron chi connectivity index (χ2n) is 6.15. The first-order valence-corrected chi connectivity index (χ1v) is 12.7. The van der Waals surface area contributed by atoms with Crippen LogP contribution in [0.1, 0.15) is 13.2 Å². The number of rotatable bonds is 8. The van der Waals surface area contributed by atoms with Crippen LogP contribution in [0.4, 0.5) is 8.78 Å². The van der Waals surface area contributed by atoms with Gasteiger partial charge in [-0.05, 0) is 6.92 Å². The summed E-state index contributed by atoms with van der Waals surface area (Å²) in [7, 11) is -17.2. The quantitative estimate of drug-likeness (QED) is 0.171. The zero-order valence-electron chi connectivity index (χ0n) is 16.0. The van der Waals surface area contributed by atoms with Gasteiger partial charge in [-0.25, -0.2) is 22.9 Å². The highest BCUT2D eigenvalue weighted by molar-refractivity contribution is 7.66. The lowest BCUT2D eigenvalue weighted by Crippen LogP contribution is -2.45. The van der Waals surface area contributed by atoms with Gasteiger partial charge in [0, 0.05) is 0 Å². The fourth-order valence-corrected chi connectivity index (χ4v) is 5.62. The van der Waals surface area contributed by atoms with Gasteiger partial charge in [-0.3, -0.25) is 18.9 Å². The molecule has 1 saturated heterocycles. The summed E-state index contributed by atoms with van der Waals surface area (Å²) < 4.78 is 79.3. The monoisotopic (exact) mass is 542 g/mol. The predicted octanol–water partition coefficient (Wildman–Crippen LogP) is -0.991. The zero-order chi connectivity index (χ0) is 25.4. The topological polar surface area (TPSA) is 244 Å². The van der Waals surface area contributed by atoms with E-state index < -0.39 is 71.2 Å². The summed E-state index contributed by atoms with van der Waals surface area (Å²) in [6.07, 6.45) is -6.25. The van der Waals surface area contributed by atoms with E-state index in [0.717, 1.165) is 6.92 Å². The Hall–Kier alpha value is -1.57. The summed E-state index contributed by atoms with van der Waals surface area (Å²) >= 11 is 0. The largest absolute Gasteiger partial charge is 0.490 e. The average molecular weight is 542 g/mol.